The number of carbonyl (C=O) groups excluding carboxylic acids is 2. The molecule has 0 spiro atoms. The van der Waals surface area contributed by atoms with Crippen LogP contribution in [0.2, 0.25) is 0 Å². The highest BCUT2D eigenvalue weighted by atomic mass is 32.2. The minimum atomic E-state index is -0.411. The Hall–Kier alpha value is -2.28. The zero-order valence-corrected chi connectivity index (χ0v) is 16.1. The maximum absolute atomic E-state index is 13.2. The minimum absolute atomic E-state index is 0.0874. The molecule has 2 saturated heterocycles. The smallest absolute Gasteiger partial charge is 0.249 e. The van der Waals surface area contributed by atoms with E-state index < -0.39 is 6.04 Å². The van der Waals surface area contributed by atoms with Crippen molar-refractivity contribution >= 4 is 29.4 Å². The van der Waals surface area contributed by atoms with Crippen molar-refractivity contribution in [2.45, 2.75) is 49.9 Å². The molecule has 27 heavy (non-hydrogen) atoms. The first kappa shape index (κ1) is 16.9. The Morgan fingerprint density at radius 2 is 2.07 bits per heavy atom. The predicted octanol–water partition coefficient (Wildman–Crippen LogP) is 2.75. The molecule has 0 bridgehead atoms. The van der Waals surface area contributed by atoms with Gasteiger partial charge >= 0.3 is 0 Å². The topological polar surface area (TPSA) is 67.2 Å². The van der Waals surface area contributed by atoms with Crippen LogP contribution >= 0.6 is 11.8 Å². The van der Waals surface area contributed by atoms with Gasteiger partial charge < -0.3 is 10.2 Å². The van der Waals surface area contributed by atoms with E-state index in [-0.39, 0.29) is 16.7 Å². The van der Waals surface area contributed by atoms with Crippen LogP contribution in [-0.4, -0.2) is 43.2 Å². The Kier molecular flexibility index (Phi) is 3.82. The molecule has 2 fully saturated rings. The van der Waals surface area contributed by atoms with Crippen LogP contribution in [0.4, 0.5) is 5.82 Å². The van der Waals surface area contributed by atoms with Crippen molar-refractivity contribution in [1.82, 2.24) is 14.7 Å². The number of benzene rings is 1. The molecule has 2 aliphatic heterocycles. The molecule has 2 aromatic rings. The van der Waals surface area contributed by atoms with Gasteiger partial charge in [0.25, 0.3) is 0 Å². The van der Waals surface area contributed by atoms with Crippen molar-refractivity contribution in [3.63, 3.8) is 0 Å². The van der Waals surface area contributed by atoms with E-state index in [4.69, 9.17) is 5.10 Å². The molecule has 1 aliphatic carbocycles. The molecular weight excluding hydrogens is 360 g/mol. The molecule has 2 amide bonds. The molecule has 0 saturated carbocycles. The molecule has 1 N–H and O–H groups in total. The van der Waals surface area contributed by atoms with Crippen LogP contribution in [0, 0.1) is 0 Å². The average molecular weight is 382 g/mol. The quantitative estimate of drug-likeness (QED) is 0.886. The number of aromatic nitrogens is 2. The Morgan fingerprint density at radius 3 is 2.89 bits per heavy atom. The van der Waals surface area contributed by atoms with Crippen molar-refractivity contribution in [2.75, 3.05) is 11.1 Å². The van der Waals surface area contributed by atoms with Gasteiger partial charge in [0.1, 0.15) is 11.9 Å². The van der Waals surface area contributed by atoms with E-state index >= 15 is 0 Å². The number of carbonyl (C=O) groups is 2. The Balaban J connectivity index is 1.48. The first-order valence-electron chi connectivity index (χ1n) is 9.50. The number of hydrogen-bond acceptors (Lipinski definition) is 4. The molecule has 0 unspecified atom stereocenters. The first-order chi connectivity index (χ1) is 13.1. The summed E-state index contributed by atoms with van der Waals surface area (Å²) in [6.07, 6.45) is 4.29. The molecule has 3 heterocycles. The number of aryl methyl sites for hydroxylation is 1. The summed E-state index contributed by atoms with van der Waals surface area (Å²) >= 11 is 1.72. The summed E-state index contributed by atoms with van der Waals surface area (Å²) in [5.41, 5.74) is 3.13. The molecule has 5 rings (SSSR count). The van der Waals surface area contributed by atoms with Crippen LogP contribution in [0.15, 0.2) is 30.3 Å². The Morgan fingerprint density at radius 1 is 1.26 bits per heavy atom. The lowest BCUT2D eigenvalue weighted by Crippen LogP contribution is -2.48. The number of para-hydroxylation sites is 1. The van der Waals surface area contributed by atoms with Gasteiger partial charge in [-0.2, -0.15) is 5.10 Å². The van der Waals surface area contributed by atoms with Crippen LogP contribution in [0.3, 0.4) is 0 Å². The van der Waals surface area contributed by atoms with Crippen LogP contribution in [-0.2, 0) is 22.4 Å². The fraction of sp³-hybridized carbons (Fsp3) is 0.450. The molecule has 1 aromatic carbocycles. The highest BCUT2D eigenvalue weighted by molar-refractivity contribution is 8.01. The van der Waals surface area contributed by atoms with E-state index in [1.54, 1.807) is 16.7 Å². The number of nitrogens with zero attached hydrogens (tertiary/aromatic N) is 3. The monoisotopic (exact) mass is 382 g/mol. The molecule has 7 heteroatoms. The fourth-order valence-electron chi connectivity index (χ4n) is 4.49. The minimum Gasteiger partial charge on any atom is -0.315 e. The number of rotatable bonds is 3. The number of fused-ring (bicyclic) bond motifs is 2. The number of amides is 2. The predicted molar refractivity (Wildman–Crippen MR) is 105 cm³/mol. The van der Waals surface area contributed by atoms with Crippen molar-refractivity contribution in [1.29, 1.82) is 0 Å². The summed E-state index contributed by atoms with van der Waals surface area (Å²) in [6.45, 7) is 2.07. The first-order valence-corrected chi connectivity index (χ1v) is 10.5. The zero-order chi connectivity index (χ0) is 18.6. The van der Waals surface area contributed by atoms with Gasteiger partial charge in [-0.15, -0.1) is 11.8 Å². The molecular formula is C20H22N4O2S. The second-order valence-corrected chi connectivity index (χ2v) is 9.13. The van der Waals surface area contributed by atoms with Crippen molar-refractivity contribution < 1.29 is 9.59 Å². The van der Waals surface area contributed by atoms with E-state index in [0.717, 1.165) is 48.4 Å². The van der Waals surface area contributed by atoms with Gasteiger partial charge in [0, 0.05) is 17.7 Å². The Labute approximate surface area is 162 Å². The zero-order valence-electron chi connectivity index (χ0n) is 15.3. The standard InChI is InChI=1S/C20H22N4O2S/c1-20-11-10-17(25)23(20)16(12-27-20)19(26)21-18-14-8-5-9-15(14)22-24(18)13-6-3-2-4-7-13/h2-4,6-7,16H,5,8-12H2,1H3,(H,21,26)/t16-,20-/m0/s1. The second-order valence-electron chi connectivity index (χ2n) is 7.63. The Bertz CT molecular complexity index is 926. The van der Waals surface area contributed by atoms with E-state index in [0.29, 0.717) is 12.2 Å². The lowest BCUT2D eigenvalue weighted by molar-refractivity contribution is -0.135. The highest BCUT2D eigenvalue weighted by Crippen LogP contribution is 2.47. The maximum Gasteiger partial charge on any atom is 0.249 e. The van der Waals surface area contributed by atoms with Gasteiger partial charge in [0.15, 0.2) is 0 Å². The molecule has 140 valence electrons. The van der Waals surface area contributed by atoms with E-state index in [2.05, 4.69) is 12.2 Å². The lowest BCUT2D eigenvalue weighted by atomic mass is 10.2. The average Bonchev–Trinajstić information content (AvgIpc) is 3.39. The maximum atomic E-state index is 13.2. The summed E-state index contributed by atoms with van der Waals surface area (Å²) in [7, 11) is 0. The SMILES string of the molecule is C[C@]12CCC(=O)N1[C@H](C(=O)Nc1c3c(nn1-c1ccccc1)CCC3)CS2. The van der Waals surface area contributed by atoms with Crippen LogP contribution < -0.4 is 5.32 Å². The van der Waals surface area contributed by atoms with Crippen LogP contribution in [0.1, 0.15) is 37.4 Å². The van der Waals surface area contributed by atoms with Gasteiger partial charge in [0.2, 0.25) is 11.8 Å². The third-order valence-electron chi connectivity index (χ3n) is 5.90. The van der Waals surface area contributed by atoms with Crippen molar-refractivity contribution in [2.24, 2.45) is 0 Å². The summed E-state index contributed by atoms with van der Waals surface area (Å²) < 4.78 is 1.84. The van der Waals surface area contributed by atoms with E-state index in [9.17, 15) is 9.59 Å². The largest absolute Gasteiger partial charge is 0.315 e. The summed E-state index contributed by atoms with van der Waals surface area (Å²) in [4.78, 5) is 27.1. The van der Waals surface area contributed by atoms with E-state index in [1.807, 2.05) is 35.0 Å². The number of hydrogen-bond donors (Lipinski definition) is 1. The number of anilines is 1. The summed E-state index contributed by atoms with van der Waals surface area (Å²) in [5.74, 6) is 1.40. The fourth-order valence-corrected chi connectivity index (χ4v) is 5.92. The number of thioether (sulfide) groups is 1. The molecule has 2 atom stereocenters. The van der Waals surface area contributed by atoms with Gasteiger partial charge in [-0.05, 0) is 44.7 Å². The molecule has 0 radical (unpaired) electrons. The van der Waals surface area contributed by atoms with Gasteiger partial charge in [-0.1, -0.05) is 18.2 Å². The van der Waals surface area contributed by atoms with E-state index in [1.165, 1.54) is 0 Å². The van der Waals surface area contributed by atoms with Crippen molar-refractivity contribution in [3.8, 4) is 5.69 Å². The lowest BCUT2D eigenvalue weighted by Gasteiger charge is -2.30. The van der Waals surface area contributed by atoms with Crippen LogP contribution in [0.25, 0.3) is 5.69 Å². The number of nitrogens with one attached hydrogen (secondary N) is 1. The third-order valence-corrected chi connectivity index (χ3v) is 7.40. The van der Waals surface area contributed by atoms with Gasteiger partial charge in [-0.25, -0.2) is 4.68 Å². The summed E-state index contributed by atoms with van der Waals surface area (Å²) in [6, 6.07) is 9.47. The highest BCUT2D eigenvalue weighted by Gasteiger charge is 2.53. The van der Waals surface area contributed by atoms with Crippen molar-refractivity contribution in [3.05, 3.63) is 41.6 Å². The van der Waals surface area contributed by atoms with Crippen LogP contribution in [0.5, 0.6) is 0 Å². The third kappa shape index (κ3) is 2.59. The summed E-state index contributed by atoms with van der Waals surface area (Å²) in [5, 5.41) is 7.89. The van der Waals surface area contributed by atoms with Gasteiger partial charge in [0.05, 0.1) is 16.3 Å². The molecule has 3 aliphatic rings. The van der Waals surface area contributed by atoms with Gasteiger partial charge in [-0.3, -0.25) is 9.59 Å². The second kappa shape index (κ2) is 6.12. The molecule has 1 aromatic heterocycles. The normalized spacial score (nSPS) is 26.3. The molecule has 6 nitrogen and oxygen atoms in total.